The third-order valence-corrected chi connectivity index (χ3v) is 5.02. The van der Waals surface area contributed by atoms with Gasteiger partial charge in [0.2, 0.25) is 0 Å². The molecule has 22 heavy (non-hydrogen) atoms. The molecule has 0 fully saturated rings. The van der Waals surface area contributed by atoms with Crippen LogP contribution in [0.4, 0.5) is 0 Å². The second-order valence-electron chi connectivity index (χ2n) is 5.30. The summed E-state index contributed by atoms with van der Waals surface area (Å²) in [4.78, 5) is 1.12. The second kappa shape index (κ2) is 7.14. The van der Waals surface area contributed by atoms with Crippen molar-refractivity contribution in [2.75, 3.05) is 0 Å². The molecule has 1 aliphatic rings. The predicted molar refractivity (Wildman–Crippen MR) is 92.9 cm³/mol. The van der Waals surface area contributed by atoms with E-state index in [4.69, 9.17) is 11.6 Å². The first-order valence-corrected chi connectivity index (χ1v) is 8.58. The van der Waals surface area contributed by atoms with E-state index in [1.165, 1.54) is 0 Å². The maximum atomic E-state index is 10.8. The molecule has 1 aromatic carbocycles. The van der Waals surface area contributed by atoms with Crippen molar-refractivity contribution in [2.45, 2.75) is 25.0 Å². The van der Waals surface area contributed by atoms with Crippen LogP contribution in [-0.4, -0.2) is 5.11 Å². The molecule has 2 N–H and O–H groups in total. The number of halogens is 1. The first-order chi connectivity index (χ1) is 10.7. The highest BCUT2D eigenvalue weighted by Crippen LogP contribution is 2.33. The van der Waals surface area contributed by atoms with Crippen LogP contribution in [0.3, 0.4) is 0 Å². The Morgan fingerprint density at radius 3 is 2.50 bits per heavy atom. The number of hydrogen-bond acceptors (Lipinski definition) is 3. The van der Waals surface area contributed by atoms with E-state index in [2.05, 4.69) is 11.4 Å². The fraction of sp³-hybridized carbons (Fsp3) is 0.222. The summed E-state index contributed by atoms with van der Waals surface area (Å²) >= 11 is 7.67. The molecule has 0 bridgehead atoms. The quantitative estimate of drug-likeness (QED) is 0.815. The summed E-state index contributed by atoms with van der Waals surface area (Å²) in [6.07, 6.45) is 5.05. The zero-order valence-corrected chi connectivity index (χ0v) is 13.6. The fourth-order valence-corrected chi connectivity index (χ4v) is 3.51. The molecular formula is C18H18ClNOS. The van der Waals surface area contributed by atoms with Gasteiger partial charge < -0.3 is 10.4 Å². The summed E-state index contributed by atoms with van der Waals surface area (Å²) in [5.41, 5.74) is 2.02. The monoisotopic (exact) mass is 331 g/mol. The second-order valence-corrected chi connectivity index (χ2v) is 6.76. The van der Waals surface area contributed by atoms with E-state index in [-0.39, 0.29) is 6.04 Å². The lowest BCUT2D eigenvalue weighted by molar-refractivity contribution is 0.134. The van der Waals surface area contributed by atoms with Crippen molar-refractivity contribution in [1.82, 2.24) is 5.32 Å². The molecule has 2 unspecified atom stereocenters. The molecule has 0 saturated heterocycles. The Balaban J connectivity index is 1.85. The molecule has 2 aromatic rings. The average Bonchev–Trinajstić information content (AvgIpc) is 3.09. The van der Waals surface area contributed by atoms with Crippen LogP contribution < -0.4 is 5.32 Å². The Kier molecular flexibility index (Phi) is 4.98. The van der Waals surface area contributed by atoms with Gasteiger partial charge >= 0.3 is 0 Å². The van der Waals surface area contributed by atoms with Crippen molar-refractivity contribution < 1.29 is 5.11 Å². The van der Waals surface area contributed by atoms with Gasteiger partial charge in [0, 0.05) is 15.6 Å². The van der Waals surface area contributed by atoms with Crippen molar-refractivity contribution in [2.24, 2.45) is 0 Å². The van der Waals surface area contributed by atoms with Gasteiger partial charge in [0.1, 0.15) is 6.10 Å². The summed E-state index contributed by atoms with van der Waals surface area (Å²) in [5, 5.41) is 17.2. The number of aliphatic hydroxyl groups is 1. The van der Waals surface area contributed by atoms with E-state index >= 15 is 0 Å². The van der Waals surface area contributed by atoms with E-state index in [0.717, 1.165) is 34.0 Å². The molecule has 1 aliphatic carbocycles. The van der Waals surface area contributed by atoms with E-state index in [0.29, 0.717) is 0 Å². The first kappa shape index (κ1) is 15.3. The van der Waals surface area contributed by atoms with Gasteiger partial charge in [-0.15, -0.1) is 11.3 Å². The maximum absolute atomic E-state index is 10.8. The van der Waals surface area contributed by atoms with Crippen molar-refractivity contribution in [3.05, 3.63) is 81.2 Å². The fourth-order valence-electron chi connectivity index (χ4n) is 2.55. The van der Waals surface area contributed by atoms with E-state index in [1.54, 1.807) is 11.3 Å². The highest BCUT2D eigenvalue weighted by atomic mass is 35.5. The largest absolute Gasteiger partial charge is 0.386 e. The smallest absolute Gasteiger partial charge is 0.104 e. The Labute approximate surface area is 139 Å². The normalized spacial score (nSPS) is 17.4. The van der Waals surface area contributed by atoms with E-state index in [9.17, 15) is 5.11 Å². The molecular weight excluding hydrogens is 314 g/mol. The molecule has 1 aromatic heterocycles. The average molecular weight is 332 g/mol. The maximum Gasteiger partial charge on any atom is 0.104 e. The summed E-state index contributed by atoms with van der Waals surface area (Å²) in [6.45, 7) is 0. The topological polar surface area (TPSA) is 32.3 Å². The zero-order valence-electron chi connectivity index (χ0n) is 12.1. The lowest BCUT2D eigenvalue weighted by Crippen LogP contribution is -2.26. The molecule has 0 amide bonds. The van der Waals surface area contributed by atoms with Gasteiger partial charge in [-0.3, -0.25) is 0 Å². The number of nitrogens with one attached hydrogen (secondary N) is 1. The molecule has 4 heteroatoms. The highest BCUT2D eigenvalue weighted by molar-refractivity contribution is 7.10. The summed E-state index contributed by atoms with van der Waals surface area (Å²) in [6, 6.07) is 13.7. The standard InChI is InChI=1S/C18H18ClNOS/c19-14-8-10-15(11-9-14)20-17(16-7-4-12-22-16)18(21)13-5-2-1-3-6-13/h1-8,10,12,17-18,20-21H,9,11H2. The number of allylic oxidation sites excluding steroid dienone is 4. The molecule has 0 aliphatic heterocycles. The van der Waals surface area contributed by atoms with Gasteiger partial charge in [0.05, 0.1) is 6.04 Å². The third kappa shape index (κ3) is 3.61. The molecule has 0 radical (unpaired) electrons. The summed E-state index contributed by atoms with van der Waals surface area (Å²) in [7, 11) is 0. The van der Waals surface area contributed by atoms with E-state index < -0.39 is 6.10 Å². The van der Waals surface area contributed by atoms with Gasteiger partial charge in [-0.2, -0.15) is 0 Å². The van der Waals surface area contributed by atoms with Crippen molar-refractivity contribution in [3.8, 4) is 0 Å². The lowest BCUT2D eigenvalue weighted by atomic mass is 9.99. The van der Waals surface area contributed by atoms with Crippen LogP contribution in [-0.2, 0) is 0 Å². The molecule has 0 saturated carbocycles. The van der Waals surface area contributed by atoms with Gasteiger partial charge in [-0.1, -0.05) is 48.0 Å². The van der Waals surface area contributed by atoms with Gasteiger partial charge in [0.25, 0.3) is 0 Å². The summed E-state index contributed by atoms with van der Waals surface area (Å²) in [5.74, 6) is 0. The lowest BCUT2D eigenvalue weighted by Gasteiger charge is -2.27. The van der Waals surface area contributed by atoms with Gasteiger partial charge in [-0.25, -0.2) is 0 Å². The van der Waals surface area contributed by atoms with Crippen molar-refractivity contribution >= 4 is 22.9 Å². The zero-order chi connectivity index (χ0) is 15.4. The SMILES string of the molecule is OC(c1ccccc1)C(NC1=CC=C(Cl)CC1)c1cccs1. The van der Waals surface area contributed by atoms with Gasteiger partial charge in [-0.05, 0) is 42.0 Å². The minimum Gasteiger partial charge on any atom is -0.386 e. The van der Waals surface area contributed by atoms with Crippen LogP contribution in [0, 0.1) is 0 Å². The van der Waals surface area contributed by atoms with Gasteiger partial charge in [0.15, 0.2) is 0 Å². The van der Waals surface area contributed by atoms with Crippen molar-refractivity contribution in [3.63, 3.8) is 0 Å². The number of thiophene rings is 1. The molecule has 2 atom stereocenters. The molecule has 2 nitrogen and oxygen atoms in total. The minimum atomic E-state index is -0.595. The summed E-state index contributed by atoms with van der Waals surface area (Å²) < 4.78 is 0. The minimum absolute atomic E-state index is 0.154. The number of benzene rings is 1. The van der Waals surface area contributed by atoms with Crippen LogP contribution in [0.25, 0.3) is 0 Å². The predicted octanol–water partition coefficient (Wildman–Crippen LogP) is 4.91. The number of hydrogen-bond donors (Lipinski definition) is 2. The van der Waals surface area contributed by atoms with E-state index in [1.807, 2.05) is 53.9 Å². The first-order valence-electron chi connectivity index (χ1n) is 7.32. The van der Waals surface area contributed by atoms with Crippen LogP contribution in [0.15, 0.2) is 70.7 Å². The molecule has 114 valence electrons. The number of rotatable bonds is 5. The molecule has 3 rings (SSSR count). The Morgan fingerprint density at radius 2 is 1.86 bits per heavy atom. The van der Waals surface area contributed by atoms with Crippen molar-refractivity contribution in [1.29, 1.82) is 0 Å². The van der Waals surface area contributed by atoms with Crippen LogP contribution in [0.1, 0.15) is 35.4 Å². The molecule has 1 heterocycles. The highest BCUT2D eigenvalue weighted by Gasteiger charge is 2.24. The van der Waals surface area contributed by atoms with Crippen LogP contribution in [0.5, 0.6) is 0 Å². The molecule has 0 spiro atoms. The Bertz CT molecular complexity index is 664. The third-order valence-electron chi connectivity index (χ3n) is 3.75. The Morgan fingerprint density at radius 1 is 1.05 bits per heavy atom. The number of aliphatic hydroxyl groups excluding tert-OH is 1. The van der Waals surface area contributed by atoms with Crippen LogP contribution in [0.2, 0.25) is 0 Å². The van der Waals surface area contributed by atoms with Crippen LogP contribution >= 0.6 is 22.9 Å². The Hall–Kier alpha value is -1.55.